The van der Waals surface area contributed by atoms with Gasteiger partial charge in [-0.15, -0.1) is 0 Å². The Morgan fingerprint density at radius 3 is 2.27 bits per heavy atom. The van der Waals surface area contributed by atoms with Crippen molar-refractivity contribution in [2.75, 3.05) is 13.2 Å². The number of hydrogen-bond donors (Lipinski definition) is 3. The van der Waals surface area contributed by atoms with Gasteiger partial charge in [0, 0.05) is 31.0 Å². The molecule has 0 bridgehead atoms. The van der Waals surface area contributed by atoms with E-state index in [2.05, 4.69) is 22.4 Å². The molecule has 0 saturated carbocycles. The van der Waals surface area contributed by atoms with E-state index in [1.54, 1.807) is 0 Å². The number of allylic oxidation sites excluding steroid dienone is 2. The van der Waals surface area contributed by atoms with Gasteiger partial charge in [-0.25, -0.2) is 9.59 Å². The van der Waals surface area contributed by atoms with Crippen LogP contribution < -0.4 is 5.32 Å². The van der Waals surface area contributed by atoms with Crippen LogP contribution in [-0.4, -0.2) is 53.0 Å². The first-order valence-corrected chi connectivity index (χ1v) is 14.4. The van der Waals surface area contributed by atoms with Crippen LogP contribution in [0.4, 0.5) is 4.79 Å². The Bertz CT molecular complexity index is 1310. The lowest BCUT2D eigenvalue weighted by Crippen LogP contribution is -2.41. The number of ether oxygens (including phenoxy) is 1. The first kappa shape index (κ1) is 30.0. The highest BCUT2D eigenvalue weighted by Crippen LogP contribution is 2.44. The number of benzene rings is 2. The van der Waals surface area contributed by atoms with Gasteiger partial charge in [-0.05, 0) is 53.4 Å². The van der Waals surface area contributed by atoms with Crippen LogP contribution in [0.15, 0.2) is 64.9 Å². The molecule has 0 saturated heterocycles. The molecule has 4 rings (SSSR count). The highest BCUT2D eigenvalue weighted by atomic mass is 16.5. The Morgan fingerprint density at radius 2 is 1.68 bits per heavy atom. The molecule has 0 heterocycles. The van der Waals surface area contributed by atoms with Gasteiger partial charge in [0.25, 0.3) is 0 Å². The summed E-state index contributed by atoms with van der Waals surface area (Å²) < 4.78 is 5.51. The number of fused-ring (bicyclic) bond motifs is 3. The number of carbonyl (C=O) groups excluding carboxylic acids is 2. The van der Waals surface area contributed by atoms with E-state index in [0.29, 0.717) is 49.9 Å². The average Bonchev–Trinajstić information content (AvgIpc) is 3.23. The molecule has 0 fully saturated rings. The summed E-state index contributed by atoms with van der Waals surface area (Å²) in [5, 5.41) is 22.7. The van der Waals surface area contributed by atoms with E-state index in [1.807, 2.05) is 57.2 Å². The maximum absolute atomic E-state index is 12.7. The lowest BCUT2D eigenvalue weighted by Gasteiger charge is -2.30. The van der Waals surface area contributed by atoms with Crippen molar-refractivity contribution in [3.63, 3.8) is 0 Å². The molecule has 2 aliphatic rings. The quantitative estimate of drug-likeness (QED) is 0.199. The van der Waals surface area contributed by atoms with Crippen LogP contribution in [-0.2, 0) is 14.3 Å². The molecule has 3 N–H and O–H groups in total. The van der Waals surface area contributed by atoms with Crippen LogP contribution in [0, 0.1) is 5.41 Å². The minimum atomic E-state index is -1.13. The van der Waals surface area contributed by atoms with Crippen molar-refractivity contribution in [1.82, 2.24) is 5.32 Å². The molecule has 8 heteroatoms. The van der Waals surface area contributed by atoms with Gasteiger partial charge in [-0.3, -0.25) is 9.79 Å². The van der Waals surface area contributed by atoms with Crippen molar-refractivity contribution in [3.8, 4) is 11.1 Å². The summed E-state index contributed by atoms with van der Waals surface area (Å²) >= 11 is 0. The molecule has 41 heavy (non-hydrogen) atoms. The van der Waals surface area contributed by atoms with Crippen molar-refractivity contribution in [1.29, 1.82) is 0 Å². The van der Waals surface area contributed by atoms with Crippen molar-refractivity contribution in [2.45, 2.75) is 77.7 Å². The van der Waals surface area contributed by atoms with Gasteiger partial charge in [0.2, 0.25) is 0 Å². The Morgan fingerprint density at radius 1 is 1.05 bits per heavy atom. The topological polar surface area (TPSA) is 125 Å². The summed E-state index contributed by atoms with van der Waals surface area (Å²) in [5.41, 5.74) is 5.11. The number of rotatable bonds is 12. The Hall–Kier alpha value is -3.94. The SMILES string of the molecule is CCCC(=NCCCC[C@H](NC(=O)OCC1c2ccccc2-c2ccccc21)C(=O)O)C1=C(O)CC(C)(C)CC1=O. The van der Waals surface area contributed by atoms with Crippen LogP contribution in [0.25, 0.3) is 11.1 Å². The molecular formula is C33H40N2O6. The zero-order valence-corrected chi connectivity index (χ0v) is 24.1. The first-order chi connectivity index (χ1) is 19.6. The fraction of sp³-hybridized carbons (Fsp3) is 0.455. The summed E-state index contributed by atoms with van der Waals surface area (Å²) in [5.74, 6) is -1.21. The number of aliphatic hydroxyl groups is 1. The third-order valence-corrected chi connectivity index (χ3v) is 7.77. The molecule has 0 aliphatic heterocycles. The molecule has 0 spiro atoms. The number of carboxylic acid groups (broad SMARTS) is 1. The second-order valence-corrected chi connectivity index (χ2v) is 11.7. The predicted molar refractivity (Wildman–Crippen MR) is 158 cm³/mol. The van der Waals surface area contributed by atoms with Crippen LogP contribution in [0.2, 0.25) is 0 Å². The molecule has 2 aromatic rings. The van der Waals surface area contributed by atoms with Crippen molar-refractivity contribution < 1.29 is 29.3 Å². The van der Waals surface area contributed by atoms with Crippen molar-refractivity contribution >= 4 is 23.6 Å². The summed E-state index contributed by atoms with van der Waals surface area (Å²) in [6.07, 6.45) is 2.74. The normalized spacial score (nSPS) is 17.1. The lowest BCUT2D eigenvalue weighted by atomic mass is 9.75. The van der Waals surface area contributed by atoms with E-state index in [9.17, 15) is 24.6 Å². The number of ketones is 1. The zero-order valence-electron chi connectivity index (χ0n) is 24.1. The number of aliphatic imine (C=N–C) groups is 1. The molecule has 2 aromatic carbocycles. The van der Waals surface area contributed by atoms with E-state index in [0.717, 1.165) is 28.7 Å². The molecule has 1 amide bonds. The zero-order chi connectivity index (χ0) is 29.6. The van der Waals surface area contributed by atoms with Gasteiger partial charge in [0.05, 0.1) is 5.57 Å². The van der Waals surface area contributed by atoms with E-state index < -0.39 is 18.1 Å². The number of aliphatic carboxylic acids is 1. The number of Topliss-reactive ketones (excluding diaryl/α,β-unsaturated/α-hetero) is 1. The second-order valence-electron chi connectivity index (χ2n) is 11.7. The first-order valence-electron chi connectivity index (χ1n) is 14.4. The van der Waals surface area contributed by atoms with Gasteiger partial charge in [0.15, 0.2) is 5.78 Å². The number of amides is 1. The minimum absolute atomic E-state index is 0.0795. The maximum Gasteiger partial charge on any atom is 0.407 e. The number of unbranched alkanes of at least 4 members (excludes halogenated alkanes) is 1. The summed E-state index contributed by atoms with van der Waals surface area (Å²) in [4.78, 5) is 41.8. The number of aliphatic hydroxyl groups excluding tert-OH is 1. The molecule has 1 atom stereocenters. The number of carboxylic acids is 1. The monoisotopic (exact) mass is 560 g/mol. The molecule has 0 unspecified atom stereocenters. The van der Waals surface area contributed by atoms with E-state index in [4.69, 9.17) is 4.74 Å². The predicted octanol–water partition coefficient (Wildman–Crippen LogP) is 6.59. The Kier molecular flexibility index (Phi) is 9.63. The number of nitrogens with one attached hydrogen (secondary N) is 1. The Balaban J connectivity index is 1.29. The maximum atomic E-state index is 12.7. The summed E-state index contributed by atoms with van der Waals surface area (Å²) in [6.45, 7) is 6.44. The fourth-order valence-electron chi connectivity index (χ4n) is 5.85. The molecule has 0 aromatic heterocycles. The van der Waals surface area contributed by atoms with Gasteiger partial charge in [-0.2, -0.15) is 0 Å². The van der Waals surface area contributed by atoms with Gasteiger partial charge < -0.3 is 20.3 Å². The standard InChI is InChI=1S/C33H40N2O6/c1-4-11-26(30-28(36)18-33(2,3)19-29(30)37)34-17-10-9-16-27(31(38)39)35-32(40)41-20-25-23-14-7-5-12-21(23)22-13-6-8-15-24(22)25/h5-8,12-15,25,27,36H,4,9-11,16-20H2,1-3H3,(H,35,40)(H,38,39)/t27-/m0/s1. The van der Waals surface area contributed by atoms with Crippen molar-refractivity contribution in [3.05, 3.63) is 71.0 Å². The van der Waals surface area contributed by atoms with E-state index >= 15 is 0 Å². The van der Waals surface area contributed by atoms with Crippen LogP contribution in [0.5, 0.6) is 0 Å². The smallest absolute Gasteiger partial charge is 0.407 e. The molecule has 218 valence electrons. The highest BCUT2D eigenvalue weighted by molar-refractivity contribution is 6.23. The molecule has 8 nitrogen and oxygen atoms in total. The minimum Gasteiger partial charge on any atom is -0.511 e. The third-order valence-electron chi connectivity index (χ3n) is 7.77. The van der Waals surface area contributed by atoms with Crippen LogP contribution in [0.1, 0.15) is 82.8 Å². The number of hydrogen-bond acceptors (Lipinski definition) is 6. The third kappa shape index (κ3) is 7.23. The highest BCUT2D eigenvalue weighted by Gasteiger charge is 2.35. The average molecular weight is 561 g/mol. The number of carbonyl (C=O) groups is 3. The Labute approximate surface area is 241 Å². The largest absolute Gasteiger partial charge is 0.511 e. The molecule has 2 aliphatic carbocycles. The summed E-state index contributed by atoms with van der Waals surface area (Å²) in [6, 6.07) is 15.0. The van der Waals surface area contributed by atoms with Crippen LogP contribution in [0.3, 0.4) is 0 Å². The molecular weight excluding hydrogens is 520 g/mol. The van der Waals surface area contributed by atoms with Crippen molar-refractivity contribution in [2.24, 2.45) is 10.4 Å². The number of nitrogens with zero attached hydrogens (tertiary/aromatic N) is 1. The second kappa shape index (κ2) is 13.1. The van der Waals surface area contributed by atoms with Gasteiger partial charge >= 0.3 is 12.1 Å². The lowest BCUT2D eigenvalue weighted by molar-refractivity contribution is -0.139. The summed E-state index contributed by atoms with van der Waals surface area (Å²) in [7, 11) is 0. The number of alkyl carbamates (subject to hydrolysis) is 1. The molecule has 0 radical (unpaired) electrons. The van der Waals surface area contributed by atoms with Gasteiger partial charge in [-0.1, -0.05) is 75.7 Å². The van der Waals surface area contributed by atoms with Crippen LogP contribution >= 0.6 is 0 Å². The van der Waals surface area contributed by atoms with E-state index in [-0.39, 0.29) is 35.9 Å². The van der Waals surface area contributed by atoms with Gasteiger partial charge in [0.1, 0.15) is 18.4 Å². The fourth-order valence-corrected chi connectivity index (χ4v) is 5.85. The van der Waals surface area contributed by atoms with E-state index in [1.165, 1.54) is 0 Å².